The van der Waals surface area contributed by atoms with Crippen molar-refractivity contribution in [2.45, 2.75) is 58.5 Å². The Bertz CT molecular complexity index is 1470. The van der Waals surface area contributed by atoms with Crippen molar-refractivity contribution in [3.8, 4) is 0 Å². The molecule has 196 valence electrons. The smallest absolute Gasteiger partial charge is 0.272 e. The summed E-state index contributed by atoms with van der Waals surface area (Å²) in [5.74, 6) is 0.867. The van der Waals surface area contributed by atoms with E-state index in [-0.39, 0.29) is 17.9 Å². The number of benzene rings is 3. The first-order chi connectivity index (χ1) is 18.5. The summed E-state index contributed by atoms with van der Waals surface area (Å²) < 4.78 is 2.01. The molecule has 1 aliphatic heterocycles. The molecule has 2 amide bonds. The van der Waals surface area contributed by atoms with Gasteiger partial charge < -0.3 is 9.88 Å². The standard InChI is InChI=1S/C31H33ClN4O2/c1-3-4-18-36(31(38)23-13-9-14-24(32)20-23)29-28(35-19-8-7-17-27(35)34-29)30(37)33-21(2)25-16-10-12-22-11-5-6-15-26(22)25/h5-6,9-16,20-21H,3-4,7-8,17-19H2,1-2H3,(H,33,37). The second-order valence-corrected chi connectivity index (χ2v) is 10.3. The van der Waals surface area contributed by atoms with Gasteiger partial charge in [0.05, 0.1) is 6.04 Å². The van der Waals surface area contributed by atoms with Crippen LogP contribution in [0.3, 0.4) is 0 Å². The molecule has 1 N–H and O–H groups in total. The summed E-state index contributed by atoms with van der Waals surface area (Å²) in [4.78, 5) is 34.3. The fraction of sp³-hybridized carbons (Fsp3) is 0.323. The molecular weight excluding hydrogens is 496 g/mol. The van der Waals surface area contributed by atoms with Crippen molar-refractivity contribution < 1.29 is 9.59 Å². The van der Waals surface area contributed by atoms with Gasteiger partial charge in [0.25, 0.3) is 11.8 Å². The van der Waals surface area contributed by atoms with Gasteiger partial charge in [-0.25, -0.2) is 4.98 Å². The summed E-state index contributed by atoms with van der Waals surface area (Å²) in [6.07, 6.45) is 4.47. The number of carbonyl (C=O) groups is 2. The number of carbonyl (C=O) groups excluding carboxylic acids is 2. The quantitative estimate of drug-likeness (QED) is 0.268. The first-order valence-corrected chi connectivity index (χ1v) is 13.8. The number of halogens is 1. The molecule has 1 aliphatic rings. The van der Waals surface area contributed by atoms with Crippen LogP contribution in [-0.4, -0.2) is 27.9 Å². The number of anilines is 1. The van der Waals surface area contributed by atoms with E-state index in [0.29, 0.717) is 35.2 Å². The molecule has 0 bridgehead atoms. The predicted molar refractivity (Wildman–Crippen MR) is 153 cm³/mol. The summed E-state index contributed by atoms with van der Waals surface area (Å²) in [6.45, 7) is 5.26. The molecule has 1 unspecified atom stereocenters. The van der Waals surface area contributed by atoms with Crippen LogP contribution in [0.5, 0.6) is 0 Å². The minimum Gasteiger partial charge on any atom is -0.344 e. The molecule has 7 heteroatoms. The molecule has 0 radical (unpaired) electrons. The van der Waals surface area contributed by atoms with Crippen LogP contribution in [-0.2, 0) is 13.0 Å². The highest BCUT2D eigenvalue weighted by Crippen LogP contribution is 2.30. The minimum atomic E-state index is -0.232. The van der Waals surface area contributed by atoms with Crippen molar-refractivity contribution in [1.29, 1.82) is 0 Å². The van der Waals surface area contributed by atoms with Gasteiger partial charge in [0.2, 0.25) is 0 Å². The van der Waals surface area contributed by atoms with Gasteiger partial charge in [0.15, 0.2) is 11.5 Å². The Morgan fingerprint density at radius 1 is 1.08 bits per heavy atom. The molecule has 0 saturated carbocycles. The van der Waals surface area contributed by atoms with E-state index >= 15 is 0 Å². The number of imidazole rings is 1. The third-order valence-electron chi connectivity index (χ3n) is 7.22. The zero-order valence-corrected chi connectivity index (χ0v) is 22.7. The number of hydrogen-bond donors (Lipinski definition) is 1. The molecule has 1 atom stereocenters. The number of unbranched alkanes of at least 4 members (excludes halogenated alkanes) is 1. The molecule has 5 rings (SSSR count). The van der Waals surface area contributed by atoms with E-state index in [1.54, 1.807) is 29.2 Å². The molecule has 3 aromatic carbocycles. The highest BCUT2D eigenvalue weighted by atomic mass is 35.5. The maximum Gasteiger partial charge on any atom is 0.272 e. The average molecular weight is 529 g/mol. The van der Waals surface area contributed by atoms with Crippen molar-refractivity contribution in [1.82, 2.24) is 14.9 Å². The van der Waals surface area contributed by atoms with Gasteiger partial charge in [-0.1, -0.05) is 73.5 Å². The Morgan fingerprint density at radius 2 is 1.87 bits per heavy atom. The lowest BCUT2D eigenvalue weighted by atomic mass is 9.99. The Kier molecular flexibility index (Phi) is 7.79. The first-order valence-electron chi connectivity index (χ1n) is 13.4. The van der Waals surface area contributed by atoms with E-state index in [0.717, 1.165) is 54.3 Å². The summed E-state index contributed by atoms with van der Waals surface area (Å²) in [5.41, 5.74) is 1.99. The van der Waals surface area contributed by atoms with Gasteiger partial charge in [-0.3, -0.25) is 14.5 Å². The number of nitrogens with one attached hydrogen (secondary N) is 1. The molecule has 4 aromatic rings. The van der Waals surface area contributed by atoms with Crippen LogP contribution in [0.25, 0.3) is 10.8 Å². The number of nitrogens with zero attached hydrogens (tertiary/aromatic N) is 3. The van der Waals surface area contributed by atoms with Crippen molar-refractivity contribution in [3.63, 3.8) is 0 Å². The van der Waals surface area contributed by atoms with Gasteiger partial charge in [0, 0.05) is 30.1 Å². The Hall–Kier alpha value is -3.64. The predicted octanol–water partition coefficient (Wildman–Crippen LogP) is 6.96. The van der Waals surface area contributed by atoms with Gasteiger partial charge in [-0.2, -0.15) is 0 Å². The van der Waals surface area contributed by atoms with Crippen LogP contribution in [0.15, 0.2) is 66.7 Å². The van der Waals surface area contributed by atoms with E-state index in [2.05, 4.69) is 36.5 Å². The largest absolute Gasteiger partial charge is 0.344 e. The molecule has 2 heterocycles. The van der Waals surface area contributed by atoms with Crippen LogP contribution in [0.2, 0.25) is 5.02 Å². The average Bonchev–Trinajstić information content (AvgIpc) is 3.32. The number of aromatic nitrogens is 2. The van der Waals surface area contributed by atoms with E-state index in [9.17, 15) is 9.59 Å². The SMILES string of the molecule is CCCCN(C(=O)c1cccc(Cl)c1)c1nc2n(c1C(=O)NC(C)c1cccc3ccccc13)CCCC2. The lowest BCUT2D eigenvalue weighted by Crippen LogP contribution is -2.36. The van der Waals surface area contributed by atoms with Crippen LogP contribution in [0.4, 0.5) is 5.82 Å². The Balaban J connectivity index is 1.53. The molecule has 38 heavy (non-hydrogen) atoms. The van der Waals surface area contributed by atoms with Crippen molar-refractivity contribution in [2.75, 3.05) is 11.4 Å². The van der Waals surface area contributed by atoms with Gasteiger partial charge in [-0.05, 0) is 60.7 Å². The number of aryl methyl sites for hydroxylation is 1. The van der Waals surface area contributed by atoms with Gasteiger partial charge in [0.1, 0.15) is 5.82 Å². The second-order valence-electron chi connectivity index (χ2n) is 9.89. The summed E-state index contributed by atoms with van der Waals surface area (Å²) >= 11 is 6.21. The van der Waals surface area contributed by atoms with Crippen LogP contribution in [0, 0.1) is 0 Å². The number of rotatable bonds is 8. The van der Waals surface area contributed by atoms with Gasteiger partial charge in [-0.15, -0.1) is 0 Å². The van der Waals surface area contributed by atoms with Crippen molar-refractivity contribution >= 4 is 40.0 Å². The highest BCUT2D eigenvalue weighted by Gasteiger charge is 2.32. The summed E-state index contributed by atoms with van der Waals surface area (Å²) in [7, 11) is 0. The number of fused-ring (bicyclic) bond motifs is 2. The third kappa shape index (κ3) is 5.18. The Labute approximate surface area is 228 Å². The fourth-order valence-corrected chi connectivity index (χ4v) is 5.44. The molecule has 0 aliphatic carbocycles. The van der Waals surface area contributed by atoms with E-state index in [4.69, 9.17) is 16.6 Å². The maximum atomic E-state index is 14.0. The zero-order valence-electron chi connectivity index (χ0n) is 21.9. The summed E-state index contributed by atoms with van der Waals surface area (Å²) in [6, 6.07) is 21.0. The second kappa shape index (κ2) is 11.4. The monoisotopic (exact) mass is 528 g/mol. The molecule has 0 fully saturated rings. The van der Waals surface area contributed by atoms with E-state index in [1.807, 2.05) is 29.7 Å². The molecule has 0 saturated heterocycles. The van der Waals surface area contributed by atoms with E-state index < -0.39 is 0 Å². The number of hydrogen-bond acceptors (Lipinski definition) is 3. The highest BCUT2D eigenvalue weighted by molar-refractivity contribution is 6.31. The van der Waals surface area contributed by atoms with Crippen LogP contribution < -0.4 is 10.2 Å². The molecular formula is C31H33ClN4O2. The van der Waals surface area contributed by atoms with Crippen molar-refractivity contribution in [2.24, 2.45) is 0 Å². The Morgan fingerprint density at radius 3 is 2.68 bits per heavy atom. The third-order valence-corrected chi connectivity index (χ3v) is 7.46. The lowest BCUT2D eigenvalue weighted by molar-refractivity contribution is 0.0930. The normalized spacial score (nSPS) is 13.7. The minimum absolute atomic E-state index is 0.201. The molecule has 0 spiro atoms. The zero-order chi connectivity index (χ0) is 26.6. The molecule has 1 aromatic heterocycles. The van der Waals surface area contributed by atoms with Crippen molar-refractivity contribution in [3.05, 3.63) is 94.4 Å². The summed E-state index contributed by atoms with van der Waals surface area (Å²) in [5, 5.41) is 5.96. The molecule has 6 nitrogen and oxygen atoms in total. The number of amides is 2. The maximum absolute atomic E-state index is 14.0. The van der Waals surface area contributed by atoms with E-state index in [1.165, 1.54) is 0 Å². The topological polar surface area (TPSA) is 67.2 Å². The van der Waals surface area contributed by atoms with Crippen LogP contribution in [0.1, 0.15) is 77.8 Å². The fourth-order valence-electron chi connectivity index (χ4n) is 5.25. The lowest BCUT2D eigenvalue weighted by Gasteiger charge is -2.24. The first kappa shape index (κ1) is 26.0. The van der Waals surface area contributed by atoms with Gasteiger partial charge >= 0.3 is 0 Å². The van der Waals surface area contributed by atoms with Crippen LogP contribution >= 0.6 is 11.6 Å².